The molecule has 0 aliphatic carbocycles. The predicted octanol–water partition coefficient (Wildman–Crippen LogP) is 0.296. The Hall–Kier alpha value is -1.76. The molecule has 0 bridgehead atoms. The van der Waals surface area contributed by atoms with Crippen LogP contribution in [0, 0.1) is 5.82 Å². The van der Waals surface area contributed by atoms with Crippen LogP contribution in [0.1, 0.15) is 6.92 Å². The number of carboxylic acids is 1. The van der Waals surface area contributed by atoms with E-state index in [1.165, 1.54) is 0 Å². The van der Waals surface area contributed by atoms with Crippen LogP contribution in [0.4, 0.5) is 10.3 Å². The molecular formula is C10H12FN3O3. The molecule has 1 fully saturated rings. The van der Waals surface area contributed by atoms with E-state index in [1.54, 1.807) is 4.90 Å². The zero-order chi connectivity index (χ0) is 12.5. The van der Waals surface area contributed by atoms with Gasteiger partial charge >= 0.3 is 5.97 Å². The minimum absolute atomic E-state index is 0.325. The zero-order valence-electron chi connectivity index (χ0n) is 9.26. The minimum atomic E-state index is -0.997. The first kappa shape index (κ1) is 11.7. The molecule has 0 saturated carbocycles. The number of rotatable bonds is 4. The molecule has 0 atom stereocenters. The summed E-state index contributed by atoms with van der Waals surface area (Å²) in [5.74, 6) is -1.07. The van der Waals surface area contributed by atoms with Gasteiger partial charge in [0.2, 0.25) is 5.95 Å². The highest BCUT2D eigenvalue weighted by Gasteiger charge is 2.41. The van der Waals surface area contributed by atoms with E-state index in [1.807, 2.05) is 6.92 Å². The van der Waals surface area contributed by atoms with E-state index >= 15 is 0 Å². The highest BCUT2D eigenvalue weighted by molar-refractivity contribution is 5.68. The van der Waals surface area contributed by atoms with Crippen LogP contribution < -0.4 is 4.90 Å². The average molecular weight is 241 g/mol. The Morgan fingerprint density at radius 3 is 2.71 bits per heavy atom. The third-order valence-corrected chi connectivity index (χ3v) is 2.48. The summed E-state index contributed by atoms with van der Waals surface area (Å²) in [6.07, 6.45) is 2.19. The summed E-state index contributed by atoms with van der Waals surface area (Å²) in [4.78, 5) is 19.8. The van der Waals surface area contributed by atoms with Gasteiger partial charge in [0.05, 0.1) is 25.5 Å². The van der Waals surface area contributed by atoms with Gasteiger partial charge in [0.25, 0.3) is 0 Å². The fraction of sp³-hybridized carbons (Fsp3) is 0.500. The molecule has 1 aliphatic rings. The Kier molecular flexibility index (Phi) is 2.93. The van der Waals surface area contributed by atoms with Gasteiger partial charge in [-0.2, -0.15) is 0 Å². The third kappa shape index (κ3) is 2.68. The Morgan fingerprint density at radius 1 is 1.59 bits per heavy atom. The third-order valence-electron chi connectivity index (χ3n) is 2.48. The van der Waals surface area contributed by atoms with Crippen LogP contribution in [0.5, 0.6) is 0 Å². The summed E-state index contributed by atoms with van der Waals surface area (Å²) < 4.78 is 17.8. The summed E-state index contributed by atoms with van der Waals surface area (Å²) in [6.45, 7) is 2.47. The van der Waals surface area contributed by atoms with Crippen LogP contribution in [-0.4, -0.2) is 46.3 Å². The molecule has 0 radical (unpaired) electrons. The van der Waals surface area contributed by atoms with Crippen molar-refractivity contribution in [3.63, 3.8) is 0 Å². The second kappa shape index (κ2) is 4.25. The number of aromatic nitrogens is 2. The number of carboxylic acid groups (broad SMARTS) is 1. The van der Waals surface area contributed by atoms with Crippen LogP contribution in [0.2, 0.25) is 0 Å². The Bertz CT molecular complexity index is 417. The number of anilines is 1. The first-order chi connectivity index (χ1) is 7.98. The van der Waals surface area contributed by atoms with Gasteiger partial charge in [-0.1, -0.05) is 0 Å². The fourth-order valence-electron chi connectivity index (χ4n) is 1.70. The maximum atomic E-state index is 12.6. The highest BCUT2D eigenvalue weighted by Crippen LogP contribution is 2.27. The number of aliphatic carboxylic acids is 1. The molecule has 0 spiro atoms. The van der Waals surface area contributed by atoms with E-state index in [0.717, 1.165) is 12.4 Å². The normalized spacial score (nSPS) is 17.6. The van der Waals surface area contributed by atoms with Gasteiger partial charge in [0.15, 0.2) is 5.82 Å². The lowest BCUT2D eigenvalue weighted by Crippen LogP contribution is -2.62. The number of carbonyl (C=O) groups is 1. The Labute approximate surface area is 97.0 Å². The second-order valence-electron chi connectivity index (χ2n) is 4.19. The van der Waals surface area contributed by atoms with Crippen molar-refractivity contribution in [3.05, 3.63) is 18.2 Å². The molecule has 0 unspecified atom stereocenters. The van der Waals surface area contributed by atoms with Crippen molar-refractivity contribution in [3.8, 4) is 0 Å². The van der Waals surface area contributed by atoms with Gasteiger partial charge in [0.1, 0.15) is 12.2 Å². The van der Waals surface area contributed by atoms with Crippen molar-refractivity contribution in [2.24, 2.45) is 0 Å². The van der Waals surface area contributed by atoms with Crippen molar-refractivity contribution in [2.45, 2.75) is 12.5 Å². The maximum absolute atomic E-state index is 12.6. The largest absolute Gasteiger partial charge is 0.480 e. The minimum Gasteiger partial charge on any atom is -0.480 e. The molecule has 6 nitrogen and oxygen atoms in total. The van der Waals surface area contributed by atoms with E-state index in [0.29, 0.717) is 19.0 Å². The lowest BCUT2D eigenvalue weighted by molar-refractivity contribution is -0.150. The van der Waals surface area contributed by atoms with Crippen LogP contribution in [0.25, 0.3) is 0 Å². The quantitative estimate of drug-likeness (QED) is 0.816. The molecule has 7 heteroatoms. The van der Waals surface area contributed by atoms with Crippen LogP contribution in [0.3, 0.4) is 0 Å². The Morgan fingerprint density at radius 2 is 2.18 bits per heavy atom. The number of halogens is 1. The summed E-state index contributed by atoms with van der Waals surface area (Å²) >= 11 is 0. The van der Waals surface area contributed by atoms with Crippen molar-refractivity contribution in [2.75, 3.05) is 24.6 Å². The molecule has 1 saturated heterocycles. The van der Waals surface area contributed by atoms with Gasteiger partial charge in [-0.3, -0.25) is 0 Å². The zero-order valence-corrected chi connectivity index (χ0v) is 9.26. The van der Waals surface area contributed by atoms with Gasteiger partial charge in [-0.05, 0) is 6.92 Å². The number of hydrogen-bond donors (Lipinski definition) is 1. The second-order valence-corrected chi connectivity index (χ2v) is 4.19. The number of hydrogen-bond acceptors (Lipinski definition) is 5. The molecule has 17 heavy (non-hydrogen) atoms. The first-order valence-electron chi connectivity index (χ1n) is 5.07. The summed E-state index contributed by atoms with van der Waals surface area (Å²) in [5, 5.41) is 8.50. The maximum Gasteiger partial charge on any atom is 0.329 e. The summed E-state index contributed by atoms with van der Waals surface area (Å²) in [6, 6.07) is 0. The topological polar surface area (TPSA) is 75.6 Å². The number of nitrogens with zero attached hydrogens (tertiary/aromatic N) is 3. The molecule has 1 aliphatic heterocycles. The van der Waals surface area contributed by atoms with Gasteiger partial charge in [-0.15, -0.1) is 0 Å². The van der Waals surface area contributed by atoms with Crippen LogP contribution >= 0.6 is 0 Å². The van der Waals surface area contributed by atoms with Crippen LogP contribution in [-0.2, 0) is 9.53 Å². The fourth-order valence-corrected chi connectivity index (χ4v) is 1.70. The molecule has 92 valence electrons. The summed E-state index contributed by atoms with van der Waals surface area (Å²) in [7, 11) is 0. The molecular weight excluding hydrogens is 229 g/mol. The van der Waals surface area contributed by atoms with E-state index in [2.05, 4.69) is 9.97 Å². The molecule has 1 aromatic heterocycles. The van der Waals surface area contributed by atoms with E-state index in [9.17, 15) is 9.18 Å². The van der Waals surface area contributed by atoms with Gasteiger partial charge < -0.3 is 14.7 Å². The predicted molar refractivity (Wildman–Crippen MR) is 56.2 cm³/mol. The Balaban J connectivity index is 1.89. The van der Waals surface area contributed by atoms with Gasteiger partial charge in [-0.25, -0.2) is 19.2 Å². The van der Waals surface area contributed by atoms with Crippen molar-refractivity contribution in [1.82, 2.24) is 9.97 Å². The van der Waals surface area contributed by atoms with Crippen molar-refractivity contribution < 1.29 is 19.0 Å². The molecule has 1 aromatic rings. The standard InChI is InChI=1S/C10H12FN3O3/c1-10(17-4-8(15)16)5-14(6-10)9-12-2-7(11)3-13-9/h2-3H,4-6H2,1H3,(H,15,16). The highest BCUT2D eigenvalue weighted by atomic mass is 19.1. The monoisotopic (exact) mass is 241 g/mol. The van der Waals surface area contributed by atoms with E-state index in [4.69, 9.17) is 9.84 Å². The molecule has 0 aromatic carbocycles. The molecule has 2 heterocycles. The van der Waals surface area contributed by atoms with Crippen molar-refractivity contribution in [1.29, 1.82) is 0 Å². The SMILES string of the molecule is CC1(OCC(=O)O)CN(c2ncc(F)cn2)C1. The van der Waals surface area contributed by atoms with E-state index < -0.39 is 17.4 Å². The molecule has 0 amide bonds. The summed E-state index contributed by atoms with van der Waals surface area (Å²) in [5.41, 5.74) is -0.504. The lowest BCUT2D eigenvalue weighted by Gasteiger charge is -2.47. The average Bonchev–Trinajstić information content (AvgIpc) is 2.24. The molecule has 1 N–H and O–H groups in total. The lowest BCUT2D eigenvalue weighted by atomic mass is 9.97. The van der Waals surface area contributed by atoms with E-state index in [-0.39, 0.29) is 6.61 Å². The van der Waals surface area contributed by atoms with Crippen LogP contribution in [0.15, 0.2) is 12.4 Å². The molecule has 2 rings (SSSR count). The first-order valence-corrected chi connectivity index (χ1v) is 5.07. The number of ether oxygens (including phenoxy) is 1. The van der Waals surface area contributed by atoms with Crippen molar-refractivity contribution >= 4 is 11.9 Å². The smallest absolute Gasteiger partial charge is 0.329 e. The van der Waals surface area contributed by atoms with Gasteiger partial charge in [0, 0.05) is 0 Å².